The van der Waals surface area contributed by atoms with Crippen LogP contribution in [0.5, 0.6) is 0 Å². The van der Waals surface area contributed by atoms with E-state index in [2.05, 4.69) is 5.32 Å². The molecular weight excluding hydrogens is 316 g/mol. The maximum atomic E-state index is 12.2. The number of amides is 1. The number of piperidine rings is 1. The third-order valence-corrected chi connectivity index (χ3v) is 5.60. The summed E-state index contributed by atoms with van der Waals surface area (Å²) >= 11 is 0. The molecule has 6 nitrogen and oxygen atoms in total. The molecule has 0 aromatic heterocycles. The van der Waals surface area contributed by atoms with Crippen LogP contribution >= 0.6 is 0 Å². The van der Waals surface area contributed by atoms with Gasteiger partial charge in [-0.2, -0.15) is 0 Å². The molecule has 2 N–H and O–H groups in total. The van der Waals surface area contributed by atoms with Gasteiger partial charge < -0.3 is 10.4 Å². The quantitative estimate of drug-likeness (QED) is 0.825. The van der Waals surface area contributed by atoms with Crippen molar-refractivity contribution in [3.8, 4) is 0 Å². The largest absolute Gasteiger partial charge is 0.384 e. The zero-order valence-electron chi connectivity index (χ0n) is 13.5. The minimum atomic E-state index is -3.18. The Hall–Kier alpha value is -1.44. The lowest BCUT2D eigenvalue weighted by Crippen LogP contribution is -2.45. The molecule has 1 aliphatic heterocycles. The van der Waals surface area contributed by atoms with E-state index < -0.39 is 15.6 Å². The lowest BCUT2D eigenvalue weighted by Gasteiger charge is -2.30. The smallest absolute Gasteiger partial charge is 0.223 e. The van der Waals surface area contributed by atoms with Gasteiger partial charge in [-0.05, 0) is 25.3 Å². The van der Waals surface area contributed by atoms with Gasteiger partial charge in [0, 0.05) is 19.0 Å². The van der Waals surface area contributed by atoms with Crippen molar-refractivity contribution in [2.24, 2.45) is 5.92 Å². The van der Waals surface area contributed by atoms with Crippen molar-refractivity contribution >= 4 is 15.9 Å². The number of benzene rings is 1. The van der Waals surface area contributed by atoms with Crippen molar-refractivity contribution in [3.05, 3.63) is 35.9 Å². The second kappa shape index (κ2) is 6.98. The summed E-state index contributed by atoms with van der Waals surface area (Å²) in [5.41, 5.74) is -0.392. The Balaban J connectivity index is 1.86. The summed E-state index contributed by atoms with van der Waals surface area (Å²) in [5.74, 6) is -0.339. The summed E-state index contributed by atoms with van der Waals surface area (Å²) in [4.78, 5) is 12.2. The van der Waals surface area contributed by atoms with E-state index in [0.717, 1.165) is 5.56 Å². The van der Waals surface area contributed by atoms with Gasteiger partial charge in [-0.1, -0.05) is 30.3 Å². The second-order valence-corrected chi connectivity index (χ2v) is 8.28. The van der Waals surface area contributed by atoms with Gasteiger partial charge in [-0.3, -0.25) is 4.79 Å². The maximum absolute atomic E-state index is 12.2. The fourth-order valence-electron chi connectivity index (χ4n) is 2.75. The molecule has 1 heterocycles. The summed E-state index contributed by atoms with van der Waals surface area (Å²) in [6.45, 7) is 2.52. The van der Waals surface area contributed by atoms with Gasteiger partial charge in [-0.25, -0.2) is 12.7 Å². The molecule has 2 rings (SSSR count). The molecule has 1 saturated heterocycles. The van der Waals surface area contributed by atoms with Crippen LogP contribution in [-0.4, -0.2) is 49.6 Å². The van der Waals surface area contributed by atoms with Crippen molar-refractivity contribution in [2.75, 3.05) is 25.9 Å². The van der Waals surface area contributed by atoms with E-state index >= 15 is 0 Å². The van der Waals surface area contributed by atoms with Gasteiger partial charge in [0.05, 0.1) is 12.8 Å². The van der Waals surface area contributed by atoms with Crippen LogP contribution in [0.1, 0.15) is 25.3 Å². The zero-order valence-corrected chi connectivity index (χ0v) is 14.3. The number of carbonyl (C=O) groups excluding carboxylic acids is 1. The van der Waals surface area contributed by atoms with Crippen LogP contribution in [0.25, 0.3) is 0 Å². The van der Waals surface area contributed by atoms with Crippen LogP contribution in [0.15, 0.2) is 30.3 Å². The molecule has 0 radical (unpaired) electrons. The summed E-state index contributed by atoms with van der Waals surface area (Å²) in [6, 6.07) is 9.18. The van der Waals surface area contributed by atoms with Gasteiger partial charge in [-0.15, -0.1) is 0 Å². The van der Waals surface area contributed by atoms with Crippen LogP contribution < -0.4 is 5.32 Å². The molecule has 1 aliphatic rings. The monoisotopic (exact) mass is 340 g/mol. The molecule has 1 fully saturated rings. The molecule has 128 valence electrons. The Bertz CT molecular complexity index is 635. The number of rotatable bonds is 5. The highest BCUT2D eigenvalue weighted by molar-refractivity contribution is 7.88. The number of aliphatic hydroxyl groups is 1. The standard InChI is InChI=1S/C16H24N2O4S/c1-16(20,14-6-4-3-5-7-14)12-17-15(19)13-8-10-18(11-9-13)23(2,21)22/h3-7,13,20H,8-12H2,1-2H3,(H,17,19). The number of hydrogen-bond donors (Lipinski definition) is 2. The highest BCUT2D eigenvalue weighted by atomic mass is 32.2. The van der Waals surface area contributed by atoms with Crippen LogP contribution in [0.3, 0.4) is 0 Å². The fraction of sp³-hybridized carbons (Fsp3) is 0.562. The molecule has 7 heteroatoms. The van der Waals surface area contributed by atoms with E-state index in [1.807, 2.05) is 30.3 Å². The first kappa shape index (κ1) is 17.9. The molecular formula is C16H24N2O4S. The Morgan fingerprint density at radius 1 is 1.30 bits per heavy atom. The van der Waals surface area contributed by atoms with Crippen molar-refractivity contribution in [1.82, 2.24) is 9.62 Å². The molecule has 0 bridgehead atoms. The second-order valence-electron chi connectivity index (χ2n) is 6.29. The Morgan fingerprint density at radius 2 is 1.87 bits per heavy atom. The van der Waals surface area contributed by atoms with Gasteiger partial charge in [0.15, 0.2) is 0 Å². The highest BCUT2D eigenvalue weighted by Crippen LogP contribution is 2.21. The normalized spacial score (nSPS) is 20.0. The first-order valence-corrected chi connectivity index (χ1v) is 9.56. The first-order chi connectivity index (χ1) is 10.7. The summed E-state index contributed by atoms with van der Waals surface area (Å²) in [5, 5.41) is 13.3. The number of hydrogen-bond acceptors (Lipinski definition) is 4. The topological polar surface area (TPSA) is 86.7 Å². The number of sulfonamides is 1. The number of nitrogens with one attached hydrogen (secondary N) is 1. The molecule has 1 unspecified atom stereocenters. The van der Waals surface area contributed by atoms with Crippen molar-refractivity contribution < 1.29 is 18.3 Å². The summed E-state index contributed by atoms with van der Waals surface area (Å²) < 4.78 is 24.3. The van der Waals surface area contributed by atoms with Crippen LogP contribution in [-0.2, 0) is 20.4 Å². The van der Waals surface area contributed by atoms with Crippen LogP contribution in [0.4, 0.5) is 0 Å². The molecule has 23 heavy (non-hydrogen) atoms. The molecule has 1 aromatic rings. The van der Waals surface area contributed by atoms with Crippen molar-refractivity contribution in [3.63, 3.8) is 0 Å². The van der Waals surface area contributed by atoms with E-state index in [0.29, 0.717) is 25.9 Å². The first-order valence-electron chi connectivity index (χ1n) is 7.71. The Kier molecular flexibility index (Phi) is 5.44. The van der Waals surface area contributed by atoms with Gasteiger partial charge in [0.1, 0.15) is 5.60 Å². The average Bonchev–Trinajstić information content (AvgIpc) is 2.53. The molecule has 1 atom stereocenters. The lowest BCUT2D eigenvalue weighted by atomic mass is 9.94. The third-order valence-electron chi connectivity index (χ3n) is 4.30. The van der Waals surface area contributed by atoms with Crippen molar-refractivity contribution in [1.29, 1.82) is 0 Å². The lowest BCUT2D eigenvalue weighted by molar-refractivity contribution is -0.127. The predicted molar refractivity (Wildman–Crippen MR) is 88.2 cm³/mol. The van der Waals surface area contributed by atoms with Gasteiger partial charge in [0.25, 0.3) is 0 Å². The Morgan fingerprint density at radius 3 is 2.39 bits per heavy atom. The van der Waals surface area contributed by atoms with E-state index in [-0.39, 0.29) is 18.4 Å². The minimum absolute atomic E-state index is 0.127. The van der Waals surface area contributed by atoms with E-state index in [1.54, 1.807) is 6.92 Å². The van der Waals surface area contributed by atoms with Gasteiger partial charge >= 0.3 is 0 Å². The van der Waals surface area contributed by atoms with Crippen LogP contribution in [0.2, 0.25) is 0 Å². The van der Waals surface area contributed by atoms with E-state index in [1.165, 1.54) is 10.6 Å². The third kappa shape index (κ3) is 4.76. The number of carbonyl (C=O) groups is 1. The SMILES string of the molecule is CC(O)(CNC(=O)C1CCN(S(C)(=O)=O)CC1)c1ccccc1. The zero-order chi connectivity index (χ0) is 17.1. The molecule has 1 amide bonds. The summed E-state index contributed by atoms with van der Waals surface area (Å²) in [6.07, 6.45) is 2.20. The van der Waals surface area contributed by atoms with E-state index in [9.17, 15) is 18.3 Å². The molecule has 0 spiro atoms. The molecule has 0 aliphatic carbocycles. The van der Waals surface area contributed by atoms with Gasteiger partial charge in [0.2, 0.25) is 15.9 Å². The average molecular weight is 340 g/mol. The minimum Gasteiger partial charge on any atom is -0.384 e. The Labute approximate surface area is 137 Å². The molecule has 0 saturated carbocycles. The fourth-order valence-corrected chi connectivity index (χ4v) is 3.63. The van der Waals surface area contributed by atoms with Crippen molar-refractivity contribution in [2.45, 2.75) is 25.4 Å². The van der Waals surface area contributed by atoms with E-state index in [4.69, 9.17) is 0 Å². The van der Waals surface area contributed by atoms with Crippen LogP contribution in [0, 0.1) is 5.92 Å². The predicted octanol–water partition coefficient (Wildman–Crippen LogP) is 0.682. The maximum Gasteiger partial charge on any atom is 0.223 e. The summed E-state index contributed by atoms with van der Waals surface area (Å²) in [7, 11) is -3.18. The number of nitrogens with zero attached hydrogens (tertiary/aromatic N) is 1. The highest BCUT2D eigenvalue weighted by Gasteiger charge is 2.30. The molecule has 1 aromatic carbocycles.